The molecule has 0 spiro atoms. The summed E-state index contributed by atoms with van der Waals surface area (Å²) in [6.45, 7) is 1.48. The third-order valence-electron chi connectivity index (χ3n) is 4.50. The van der Waals surface area contributed by atoms with Crippen LogP contribution in [0.4, 0.5) is 0 Å². The van der Waals surface area contributed by atoms with Crippen molar-refractivity contribution in [1.82, 2.24) is 24.8 Å². The summed E-state index contributed by atoms with van der Waals surface area (Å²) in [5.41, 5.74) is 1.42. The number of carbonyl (C=O) groups excluding carboxylic acids is 2. The van der Waals surface area contributed by atoms with Gasteiger partial charge in [0.1, 0.15) is 11.6 Å². The predicted molar refractivity (Wildman–Crippen MR) is 93.1 cm³/mol. The van der Waals surface area contributed by atoms with Crippen molar-refractivity contribution in [3.05, 3.63) is 48.9 Å². The first-order valence-corrected chi connectivity index (χ1v) is 8.58. The van der Waals surface area contributed by atoms with Gasteiger partial charge in [-0.15, -0.1) is 0 Å². The van der Waals surface area contributed by atoms with E-state index in [4.69, 9.17) is 4.42 Å². The highest BCUT2D eigenvalue weighted by Crippen LogP contribution is 2.19. The van der Waals surface area contributed by atoms with Gasteiger partial charge in [0, 0.05) is 38.4 Å². The second-order valence-corrected chi connectivity index (χ2v) is 6.22. The lowest BCUT2D eigenvalue weighted by Crippen LogP contribution is -2.58. The summed E-state index contributed by atoms with van der Waals surface area (Å²) in [5, 5.41) is 2.82. The summed E-state index contributed by atoms with van der Waals surface area (Å²) >= 11 is 0. The molecule has 1 saturated heterocycles. The second-order valence-electron chi connectivity index (χ2n) is 6.22. The van der Waals surface area contributed by atoms with Crippen LogP contribution in [0.15, 0.2) is 47.4 Å². The van der Waals surface area contributed by atoms with Crippen LogP contribution in [-0.4, -0.2) is 50.4 Å². The Kier molecular flexibility index (Phi) is 4.39. The molecule has 2 aromatic heterocycles. The number of nitrogens with zero attached hydrogens (tertiary/aromatic N) is 4. The molecule has 1 atom stereocenters. The Morgan fingerprint density at radius 3 is 3.04 bits per heavy atom. The van der Waals surface area contributed by atoms with Gasteiger partial charge in [0.25, 0.3) is 0 Å². The van der Waals surface area contributed by atoms with Crippen LogP contribution < -0.4 is 5.32 Å². The molecule has 1 N–H and O–H groups in total. The maximum atomic E-state index is 12.7. The fourth-order valence-corrected chi connectivity index (χ4v) is 3.18. The zero-order valence-corrected chi connectivity index (χ0v) is 14.2. The lowest BCUT2D eigenvalue weighted by molar-refractivity contribution is -0.143. The molecule has 1 aliphatic heterocycles. The molecule has 0 bridgehead atoms. The average Bonchev–Trinajstić information content (AvgIpc) is 3.30. The second kappa shape index (κ2) is 6.99. The Bertz CT molecular complexity index is 885. The Morgan fingerprint density at radius 1 is 1.35 bits per heavy atom. The Morgan fingerprint density at radius 2 is 2.23 bits per heavy atom. The fourth-order valence-electron chi connectivity index (χ4n) is 3.18. The Labute approximate surface area is 149 Å². The molecule has 1 aromatic carbocycles. The molecule has 2 amide bonds. The number of hydrogen-bond acceptors (Lipinski definition) is 5. The maximum Gasteiger partial charge on any atom is 0.243 e. The number of piperazine rings is 1. The van der Waals surface area contributed by atoms with Gasteiger partial charge in [0.15, 0.2) is 11.5 Å². The summed E-state index contributed by atoms with van der Waals surface area (Å²) in [5.74, 6) is 0.227. The van der Waals surface area contributed by atoms with Crippen molar-refractivity contribution in [3.63, 3.8) is 0 Å². The van der Waals surface area contributed by atoms with Crippen molar-refractivity contribution in [3.8, 4) is 0 Å². The number of oxazole rings is 1. The number of imidazole rings is 1. The first kappa shape index (κ1) is 16.3. The van der Waals surface area contributed by atoms with Gasteiger partial charge in [-0.25, -0.2) is 9.97 Å². The molecule has 3 heterocycles. The number of para-hydroxylation sites is 2. The van der Waals surface area contributed by atoms with Crippen molar-refractivity contribution in [2.75, 3.05) is 13.1 Å². The van der Waals surface area contributed by atoms with E-state index in [1.165, 1.54) is 0 Å². The lowest BCUT2D eigenvalue weighted by Gasteiger charge is -2.34. The van der Waals surface area contributed by atoms with Crippen LogP contribution in [0.2, 0.25) is 0 Å². The minimum Gasteiger partial charge on any atom is -0.441 e. The monoisotopic (exact) mass is 353 g/mol. The van der Waals surface area contributed by atoms with Gasteiger partial charge in [-0.05, 0) is 12.1 Å². The van der Waals surface area contributed by atoms with Crippen LogP contribution >= 0.6 is 0 Å². The maximum absolute atomic E-state index is 12.7. The molecule has 1 unspecified atom stereocenters. The first-order chi connectivity index (χ1) is 12.7. The van der Waals surface area contributed by atoms with Gasteiger partial charge < -0.3 is 19.2 Å². The fraction of sp³-hybridized carbons (Fsp3) is 0.333. The van der Waals surface area contributed by atoms with Gasteiger partial charge in [0.05, 0.1) is 12.7 Å². The van der Waals surface area contributed by atoms with E-state index < -0.39 is 6.04 Å². The smallest absolute Gasteiger partial charge is 0.243 e. The molecular weight excluding hydrogens is 334 g/mol. The van der Waals surface area contributed by atoms with E-state index in [0.29, 0.717) is 37.5 Å². The van der Waals surface area contributed by atoms with Crippen LogP contribution in [-0.2, 0) is 22.6 Å². The molecular formula is C18H19N5O3. The van der Waals surface area contributed by atoms with E-state index in [9.17, 15) is 9.59 Å². The third kappa shape index (κ3) is 3.30. The minimum atomic E-state index is -0.605. The number of carbonyl (C=O) groups is 2. The number of fused-ring (bicyclic) bond motifs is 1. The number of hydrogen-bond donors (Lipinski definition) is 1. The lowest BCUT2D eigenvalue weighted by atomic mass is 10.1. The Hall–Kier alpha value is -3.16. The third-order valence-corrected chi connectivity index (χ3v) is 4.50. The zero-order valence-electron chi connectivity index (χ0n) is 14.2. The van der Waals surface area contributed by atoms with Crippen LogP contribution in [0.25, 0.3) is 11.1 Å². The average molecular weight is 353 g/mol. The van der Waals surface area contributed by atoms with E-state index >= 15 is 0 Å². The molecule has 0 aliphatic carbocycles. The van der Waals surface area contributed by atoms with Crippen molar-refractivity contribution in [1.29, 1.82) is 0 Å². The topological polar surface area (TPSA) is 93.3 Å². The Balaban J connectivity index is 1.49. The number of aromatic nitrogens is 3. The molecule has 8 heteroatoms. The molecule has 134 valence electrons. The summed E-state index contributed by atoms with van der Waals surface area (Å²) < 4.78 is 7.57. The molecule has 1 aliphatic rings. The van der Waals surface area contributed by atoms with Crippen LogP contribution in [0.3, 0.4) is 0 Å². The van der Waals surface area contributed by atoms with Gasteiger partial charge in [-0.1, -0.05) is 12.1 Å². The summed E-state index contributed by atoms with van der Waals surface area (Å²) in [6.07, 6.45) is 5.73. The van der Waals surface area contributed by atoms with Crippen molar-refractivity contribution in [2.24, 2.45) is 0 Å². The first-order valence-electron chi connectivity index (χ1n) is 8.58. The number of nitrogens with one attached hydrogen (secondary N) is 1. The zero-order chi connectivity index (χ0) is 17.9. The van der Waals surface area contributed by atoms with Crippen LogP contribution in [0, 0.1) is 0 Å². The number of aryl methyl sites for hydroxylation is 1. The number of benzene rings is 1. The van der Waals surface area contributed by atoms with Gasteiger partial charge in [-0.3, -0.25) is 9.59 Å². The molecule has 3 aromatic rings. The number of amides is 2. The van der Waals surface area contributed by atoms with E-state index in [1.54, 1.807) is 17.4 Å². The van der Waals surface area contributed by atoms with Crippen molar-refractivity contribution < 1.29 is 14.0 Å². The largest absolute Gasteiger partial charge is 0.441 e. The normalized spacial score (nSPS) is 17.5. The number of rotatable bonds is 5. The van der Waals surface area contributed by atoms with Crippen molar-refractivity contribution in [2.45, 2.75) is 25.4 Å². The molecule has 1 fully saturated rings. The molecule has 26 heavy (non-hydrogen) atoms. The van der Waals surface area contributed by atoms with Gasteiger partial charge in [0.2, 0.25) is 11.8 Å². The summed E-state index contributed by atoms with van der Waals surface area (Å²) in [7, 11) is 0. The highest BCUT2D eigenvalue weighted by atomic mass is 16.3. The molecule has 0 radical (unpaired) electrons. The summed E-state index contributed by atoms with van der Waals surface area (Å²) in [4.78, 5) is 35.1. The molecule has 4 rings (SSSR count). The quantitative estimate of drug-likeness (QED) is 0.738. The van der Waals surface area contributed by atoms with Gasteiger partial charge >= 0.3 is 0 Å². The van der Waals surface area contributed by atoms with Crippen molar-refractivity contribution >= 4 is 22.9 Å². The van der Waals surface area contributed by atoms with Crippen LogP contribution in [0.5, 0.6) is 0 Å². The molecule has 8 nitrogen and oxygen atoms in total. The highest BCUT2D eigenvalue weighted by Gasteiger charge is 2.34. The minimum absolute atomic E-state index is 0.0605. The van der Waals surface area contributed by atoms with E-state index in [1.807, 2.05) is 35.0 Å². The SMILES string of the molecule is O=C1NCCN(C(=O)CCn2ccnc2)C1Cc1nc2ccccc2o1. The highest BCUT2D eigenvalue weighted by molar-refractivity contribution is 5.89. The molecule has 0 saturated carbocycles. The van der Waals surface area contributed by atoms with Crippen LogP contribution in [0.1, 0.15) is 12.3 Å². The van der Waals surface area contributed by atoms with E-state index in [0.717, 1.165) is 5.52 Å². The predicted octanol–water partition coefficient (Wildman–Crippen LogP) is 0.984. The van der Waals surface area contributed by atoms with Gasteiger partial charge in [-0.2, -0.15) is 0 Å². The van der Waals surface area contributed by atoms with E-state index in [-0.39, 0.29) is 18.2 Å². The standard InChI is InChI=1S/C18H19N5O3/c24-17(5-8-22-9-6-19-12-22)23-10-7-20-18(25)14(23)11-16-21-13-3-1-2-4-15(13)26-16/h1-4,6,9,12,14H,5,7-8,10-11H2,(H,20,25). The summed E-state index contributed by atoms with van der Waals surface area (Å²) in [6, 6.07) is 6.84. The van der Waals surface area contributed by atoms with E-state index in [2.05, 4.69) is 15.3 Å².